The van der Waals surface area contributed by atoms with Gasteiger partial charge in [0.25, 0.3) is 0 Å². The molecule has 2 heterocycles. The van der Waals surface area contributed by atoms with Gasteiger partial charge in [-0.15, -0.1) is 5.10 Å². The monoisotopic (exact) mass is 284 g/mol. The van der Waals surface area contributed by atoms with Crippen molar-refractivity contribution in [1.29, 1.82) is 0 Å². The molecule has 104 valence electrons. The van der Waals surface area contributed by atoms with Crippen molar-refractivity contribution in [2.24, 2.45) is 0 Å². The number of carbonyl (C=O) groups is 1. The van der Waals surface area contributed by atoms with Crippen molar-refractivity contribution in [3.63, 3.8) is 0 Å². The maximum absolute atomic E-state index is 12.0. The topological polar surface area (TPSA) is 80.2 Å². The molecule has 0 spiro atoms. The van der Waals surface area contributed by atoms with Crippen molar-refractivity contribution in [2.45, 2.75) is 24.0 Å². The average molecular weight is 284 g/mol. The first-order valence-corrected chi connectivity index (χ1v) is 7.39. The van der Waals surface area contributed by atoms with Crippen LogP contribution in [0.3, 0.4) is 0 Å². The molecule has 1 N–H and O–H groups in total. The van der Waals surface area contributed by atoms with Gasteiger partial charge in [-0.25, -0.2) is 9.89 Å². The molecule has 2 fully saturated rings. The van der Waals surface area contributed by atoms with Crippen molar-refractivity contribution >= 4 is 17.7 Å². The number of nitrogens with zero attached hydrogens (tertiary/aromatic N) is 3. The van der Waals surface area contributed by atoms with Crippen LogP contribution in [0.1, 0.15) is 18.9 Å². The number of hydrogen-bond donors (Lipinski definition) is 1. The molecule has 0 aromatic carbocycles. The van der Waals surface area contributed by atoms with E-state index in [1.165, 1.54) is 11.8 Å². The summed E-state index contributed by atoms with van der Waals surface area (Å²) in [5.41, 5.74) is -0.177. The number of carbonyl (C=O) groups excluding carboxylic acids is 1. The van der Waals surface area contributed by atoms with E-state index in [0.29, 0.717) is 37.2 Å². The molecule has 0 radical (unpaired) electrons. The van der Waals surface area contributed by atoms with E-state index < -0.39 is 0 Å². The van der Waals surface area contributed by atoms with Crippen LogP contribution in [0.5, 0.6) is 0 Å². The second kappa shape index (κ2) is 5.38. The standard InChI is InChI=1S/C11H16N4O3S/c16-9(14-3-5-18-6-4-14)7-19-11-13-12-10(17)15(11)8-1-2-8/h8H,1-7H2,(H,12,17). The zero-order valence-corrected chi connectivity index (χ0v) is 11.3. The normalized spacial score (nSPS) is 19.7. The highest BCUT2D eigenvalue weighted by atomic mass is 32.2. The molecule has 1 aliphatic heterocycles. The number of H-pyrrole nitrogens is 1. The Morgan fingerprint density at radius 2 is 2.16 bits per heavy atom. The number of rotatable bonds is 4. The number of thioether (sulfide) groups is 1. The molecule has 1 amide bonds. The van der Waals surface area contributed by atoms with Crippen LogP contribution in [-0.4, -0.2) is 57.6 Å². The van der Waals surface area contributed by atoms with Crippen LogP contribution in [-0.2, 0) is 9.53 Å². The molecule has 1 aromatic heterocycles. The maximum Gasteiger partial charge on any atom is 0.344 e. The summed E-state index contributed by atoms with van der Waals surface area (Å²) in [6.45, 7) is 2.50. The summed E-state index contributed by atoms with van der Waals surface area (Å²) in [5, 5.41) is 7.06. The highest BCUT2D eigenvalue weighted by molar-refractivity contribution is 7.99. The molecule has 8 heteroatoms. The van der Waals surface area contributed by atoms with Gasteiger partial charge in [-0.3, -0.25) is 9.36 Å². The second-order valence-corrected chi connectivity index (χ2v) is 5.64. The number of aromatic amines is 1. The lowest BCUT2D eigenvalue weighted by Crippen LogP contribution is -2.41. The van der Waals surface area contributed by atoms with E-state index in [1.807, 2.05) is 0 Å². The van der Waals surface area contributed by atoms with Crippen LogP contribution in [0, 0.1) is 0 Å². The number of amides is 1. The van der Waals surface area contributed by atoms with E-state index >= 15 is 0 Å². The molecular weight excluding hydrogens is 268 g/mol. The third-order valence-corrected chi connectivity index (χ3v) is 4.21. The van der Waals surface area contributed by atoms with E-state index in [-0.39, 0.29) is 17.6 Å². The summed E-state index contributed by atoms with van der Waals surface area (Å²) in [6, 6.07) is 0.271. The van der Waals surface area contributed by atoms with Crippen molar-refractivity contribution < 1.29 is 9.53 Å². The molecule has 0 bridgehead atoms. The Bertz CT molecular complexity index is 516. The number of aromatic nitrogens is 3. The highest BCUT2D eigenvalue weighted by Gasteiger charge is 2.29. The Labute approximate surface area is 114 Å². The van der Waals surface area contributed by atoms with Crippen LogP contribution in [0.15, 0.2) is 9.95 Å². The molecule has 7 nitrogen and oxygen atoms in total. The predicted octanol–water partition coefficient (Wildman–Crippen LogP) is -0.143. The van der Waals surface area contributed by atoms with Gasteiger partial charge in [-0.2, -0.15) is 0 Å². The minimum Gasteiger partial charge on any atom is -0.378 e. The first-order valence-electron chi connectivity index (χ1n) is 6.41. The molecule has 3 rings (SSSR count). The lowest BCUT2D eigenvalue weighted by atomic mass is 10.4. The number of nitrogens with one attached hydrogen (secondary N) is 1. The van der Waals surface area contributed by atoms with Crippen LogP contribution in [0.2, 0.25) is 0 Å². The van der Waals surface area contributed by atoms with Crippen LogP contribution < -0.4 is 5.69 Å². The third-order valence-electron chi connectivity index (χ3n) is 3.27. The van der Waals surface area contributed by atoms with Gasteiger partial charge in [0, 0.05) is 19.1 Å². The lowest BCUT2D eigenvalue weighted by Gasteiger charge is -2.26. The van der Waals surface area contributed by atoms with Crippen LogP contribution in [0.25, 0.3) is 0 Å². The number of ether oxygens (including phenoxy) is 1. The largest absolute Gasteiger partial charge is 0.378 e. The Kier molecular flexibility index (Phi) is 3.61. The van der Waals surface area contributed by atoms with E-state index in [9.17, 15) is 9.59 Å². The Hall–Kier alpha value is -1.28. The van der Waals surface area contributed by atoms with Gasteiger partial charge in [0.15, 0.2) is 5.16 Å². The van der Waals surface area contributed by atoms with E-state index in [2.05, 4.69) is 10.2 Å². The molecule has 2 aliphatic rings. The first kappa shape index (κ1) is 12.7. The summed E-state index contributed by atoms with van der Waals surface area (Å²) in [7, 11) is 0. The highest BCUT2D eigenvalue weighted by Crippen LogP contribution is 2.35. The van der Waals surface area contributed by atoms with Gasteiger partial charge < -0.3 is 9.64 Å². The van der Waals surface area contributed by atoms with E-state index in [0.717, 1.165) is 12.8 Å². The van der Waals surface area contributed by atoms with Crippen molar-refractivity contribution in [1.82, 2.24) is 19.7 Å². The van der Waals surface area contributed by atoms with Gasteiger partial charge in [-0.1, -0.05) is 11.8 Å². The van der Waals surface area contributed by atoms with Gasteiger partial charge in [0.05, 0.1) is 19.0 Å². The number of morpholine rings is 1. The summed E-state index contributed by atoms with van der Waals surface area (Å²) in [5.74, 6) is 0.392. The smallest absolute Gasteiger partial charge is 0.344 e. The summed E-state index contributed by atoms with van der Waals surface area (Å²) in [4.78, 5) is 25.4. The summed E-state index contributed by atoms with van der Waals surface area (Å²) >= 11 is 1.33. The molecule has 1 aliphatic carbocycles. The van der Waals surface area contributed by atoms with Crippen molar-refractivity contribution in [2.75, 3.05) is 32.1 Å². The average Bonchev–Trinajstić information content (AvgIpc) is 3.21. The van der Waals surface area contributed by atoms with Crippen molar-refractivity contribution in [3.05, 3.63) is 10.5 Å². The Balaban J connectivity index is 1.59. The van der Waals surface area contributed by atoms with Crippen molar-refractivity contribution in [3.8, 4) is 0 Å². The maximum atomic E-state index is 12.0. The third kappa shape index (κ3) is 2.84. The van der Waals surface area contributed by atoms with Gasteiger partial charge in [0.2, 0.25) is 5.91 Å². The molecule has 1 aromatic rings. The van der Waals surface area contributed by atoms with E-state index in [4.69, 9.17) is 4.74 Å². The first-order chi connectivity index (χ1) is 9.25. The van der Waals surface area contributed by atoms with Crippen LogP contribution >= 0.6 is 11.8 Å². The molecule has 1 saturated carbocycles. The van der Waals surface area contributed by atoms with Gasteiger partial charge >= 0.3 is 5.69 Å². The Morgan fingerprint density at radius 3 is 2.84 bits per heavy atom. The summed E-state index contributed by atoms with van der Waals surface area (Å²) in [6.07, 6.45) is 2.04. The predicted molar refractivity (Wildman–Crippen MR) is 69.2 cm³/mol. The quantitative estimate of drug-likeness (QED) is 0.778. The fourth-order valence-corrected chi connectivity index (χ4v) is 2.99. The molecule has 19 heavy (non-hydrogen) atoms. The van der Waals surface area contributed by atoms with Gasteiger partial charge in [0.1, 0.15) is 0 Å². The SMILES string of the molecule is O=C(CSc1n[nH]c(=O)n1C1CC1)N1CCOCC1. The van der Waals surface area contributed by atoms with E-state index in [1.54, 1.807) is 9.47 Å². The molecule has 0 atom stereocenters. The zero-order valence-electron chi connectivity index (χ0n) is 10.5. The zero-order chi connectivity index (χ0) is 13.2. The molecule has 0 unspecified atom stereocenters. The van der Waals surface area contributed by atoms with Gasteiger partial charge in [-0.05, 0) is 12.8 Å². The molecular formula is C11H16N4O3S. The second-order valence-electron chi connectivity index (χ2n) is 4.69. The minimum absolute atomic E-state index is 0.0751. The molecule has 1 saturated heterocycles. The minimum atomic E-state index is -0.177. The fourth-order valence-electron chi connectivity index (χ4n) is 2.08. The fraction of sp³-hybridized carbons (Fsp3) is 0.727. The van der Waals surface area contributed by atoms with Crippen LogP contribution in [0.4, 0.5) is 0 Å². The lowest BCUT2D eigenvalue weighted by molar-refractivity contribution is -0.132. The number of hydrogen-bond acceptors (Lipinski definition) is 5. The summed E-state index contributed by atoms with van der Waals surface area (Å²) < 4.78 is 6.88. The Morgan fingerprint density at radius 1 is 1.42 bits per heavy atom.